The molecule has 78 valence electrons. The largest absolute Gasteiger partial charge is 0.391 e. The lowest BCUT2D eigenvalue weighted by atomic mass is 10.1. The van der Waals surface area contributed by atoms with Crippen molar-refractivity contribution >= 4 is 5.69 Å². The van der Waals surface area contributed by atoms with Gasteiger partial charge in [0.05, 0.1) is 12.2 Å². The number of nitrogens with one attached hydrogen (secondary N) is 1. The van der Waals surface area contributed by atoms with E-state index in [0.717, 1.165) is 0 Å². The molecule has 0 spiro atoms. The third kappa shape index (κ3) is 1.40. The van der Waals surface area contributed by atoms with Gasteiger partial charge in [-0.05, 0) is 0 Å². The Morgan fingerprint density at radius 1 is 1.00 bits per heavy atom. The highest BCUT2D eigenvalue weighted by atomic mass is 19.2. The van der Waals surface area contributed by atoms with Crippen LogP contribution in [0, 0.1) is 23.3 Å². The van der Waals surface area contributed by atoms with Gasteiger partial charge < -0.3 is 10.5 Å². The van der Waals surface area contributed by atoms with Gasteiger partial charge in [0.1, 0.15) is 5.69 Å². The van der Waals surface area contributed by atoms with Gasteiger partial charge in [0.25, 0.3) is 0 Å². The minimum absolute atomic E-state index is 1.07. The molecule has 0 heterocycles. The van der Waals surface area contributed by atoms with Crippen LogP contribution in [0.15, 0.2) is 0 Å². The van der Waals surface area contributed by atoms with Crippen LogP contribution < -0.4 is 11.3 Å². The number of rotatable bonds is 2. The molecule has 3 nitrogen and oxygen atoms in total. The molecule has 0 aliphatic carbocycles. The van der Waals surface area contributed by atoms with E-state index in [4.69, 9.17) is 5.11 Å². The van der Waals surface area contributed by atoms with Crippen molar-refractivity contribution in [1.82, 2.24) is 0 Å². The van der Waals surface area contributed by atoms with Crippen molar-refractivity contribution in [2.45, 2.75) is 6.61 Å². The third-order valence-corrected chi connectivity index (χ3v) is 1.66. The van der Waals surface area contributed by atoms with Crippen molar-refractivity contribution in [3.63, 3.8) is 0 Å². The van der Waals surface area contributed by atoms with Gasteiger partial charge in [0, 0.05) is 0 Å². The number of hydrogen-bond donors (Lipinski definition) is 3. The molecule has 0 aromatic heterocycles. The van der Waals surface area contributed by atoms with Crippen molar-refractivity contribution in [2.24, 2.45) is 5.84 Å². The van der Waals surface area contributed by atoms with Gasteiger partial charge in [-0.15, -0.1) is 0 Å². The van der Waals surface area contributed by atoms with Crippen molar-refractivity contribution in [3.8, 4) is 0 Å². The highest BCUT2D eigenvalue weighted by molar-refractivity contribution is 5.48. The van der Waals surface area contributed by atoms with Gasteiger partial charge >= 0.3 is 0 Å². The second-order valence-electron chi connectivity index (χ2n) is 2.41. The van der Waals surface area contributed by atoms with Crippen LogP contribution >= 0.6 is 0 Å². The second-order valence-corrected chi connectivity index (χ2v) is 2.41. The van der Waals surface area contributed by atoms with E-state index in [-0.39, 0.29) is 0 Å². The first-order valence-electron chi connectivity index (χ1n) is 3.46. The molecular formula is C7H6F4N2O. The Morgan fingerprint density at radius 2 is 1.43 bits per heavy atom. The fourth-order valence-corrected chi connectivity index (χ4v) is 0.943. The van der Waals surface area contributed by atoms with Crippen LogP contribution in [0.1, 0.15) is 5.56 Å². The predicted octanol–water partition coefficient (Wildman–Crippen LogP) is 1.02. The SMILES string of the molecule is NNc1c(F)c(F)c(CO)c(F)c1F. The maximum absolute atomic E-state index is 12.9. The fraction of sp³-hybridized carbons (Fsp3) is 0.143. The van der Waals surface area contributed by atoms with E-state index in [1.165, 1.54) is 5.43 Å². The molecule has 0 radical (unpaired) electrons. The fourth-order valence-electron chi connectivity index (χ4n) is 0.943. The third-order valence-electron chi connectivity index (χ3n) is 1.66. The first-order valence-corrected chi connectivity index (χ1v) is 3.46. The van der Waals surface area contributed by atoms with E-state index < -0.39 is 41.1 Å². The summed E-state index contributed by atoms with van der Waals surface area (Å²) in [5.41, 5.74) is -0.699. The van der Waals surface area contributed by atoms with E-state index in [0.29, 0.717) is 0 Å². The Kier molecular flexibility index (Phi) is 2.92. The van der Waals surface area contributed by atoms with E-state index in [1.54, 1.807) is 0 Å². The van der Waals surface area contributed by atoms with E-state index >= 15 is 0 Å². The van der Waals surface area contributed by atoms with Crippen molar-refractivity contribution in [1.29, 1.82) is 0 Å². The molecule has 0 saturated carbocycles. The first-order chi connectivity index (χ1) is 6.54. The molecule has 1 rings (SSSR count). The van der Waals surface area contributed by atoms with Gasteiger partial charge in [-0.3, -0.25) is 5.84 Å². The number of anilines is 1. The van der Waals surface area contributed by atoms with E-state index in [9.17, 15) is 17.6 Å². The van der Waals surface area contributed by atoms with Gasteiger partial charge in [0.15, 0.2) is 23.3 Å². The lowest BCUT2D eigenvalue weighted by Crippen LogP contribution is -2.15. The summed E-state index contributed by atoms with van der Waals surface area (Å²) >= 11 is 0. The molecule has 0 atom stereocenters. The summed E-state index contributed by atoms with van der Waals surface area (Å²) in [5, 5.41) is 8.45. The molecule has 0 unspecified atom stereocenters. The average Bonchev–Trinajstić information content (AvgIpc) is 2.17. The molecule has 0 amide bonds. The van der Waals surface area contributed by atoms with Crippen LogP contribution in [-0.2, 0) is 6.61 Å². The monoisotopic (exact) mass is 210 g/mol. The van der Waals surface area contributed by atoms with Gasteiger partial charge in [-0.2, -0.15) is 0 Å². The maximum atomic E-state index is 12.9. The normalized spacial score (nSPS) is 10.4. The number of aliphatic hydroxyl groups excluding tert-OH is 1. The summed E-state index contributed by atoms with van der Waals surface area (Å²) in [6.07, 6.45) is 0. The molecule has 0 bridgehead atoms. The average molecular weight is 210 g/mol. The number of hydrazine groups is 1. The molecule has 1 aromatic carbocycles. The number of halogens is 4. The van der Waals surface area contributed by atoms with Crippen molar-refractivity contribution in [2.75, 3.05) is 5.43 Å². The number of nitrogen functional groups attached to an aromatic ring is 1. The van der Waals surface area contributed by atoms with E-state index in [1.807, 2.05) is 0 Å². The molecule has 1 aromatic rings. The predicted molar refractivity (Wildman–Crippen MR) is 40.0 cm³/mol. The molecule has 14 heavy (non-hydrogen) atoms. The Labute approximate surface area is 76.1 Å². The van der Waals surface area contributed by atoms with Crippen LogP contribution in [-0.4, -0.2) is 5.11 Å². The van der Waals surface area contributed by atoms with Crippen LogP contribution in [0.25, 0.3) is 0 Å². The molecule has 0 aliphatic heterocycles. The van der Waals surface area contributed by atoms with Crippen molar-refractivity contribution in [3.05, 3.63) is 28.8 Å². The molecule has 4 N–H and O–H groups in total. The maximum Gasteiger partial charge on any atom is 0.186 e. The van der Waals surface area contributed by atoms with Crippen LogP contribution in [0.3, 0.4) is 0 Å². The smallest absolute Gasteiger partial charge is 0.186 e. The van der Waals surface area contributed by atoms with Gasteiger partial charge in [-0.25, -0.2) is 17.6 Å². The molecule has 0 fully saturated rings. The molecule has 0 aliphatic rings. The summed E-state index contributed by atoms with van der Waals surface area (Å²) in [6.45, 7) is -1.14. The highest BCUT2D eigenvalue weighted by Gasteiger charge is 2.24. The second kappa shape index (κ2) is 3.81. The Hall–Kier alpha value is -1.34. The Balaban J connectivity index is 3.55. The summed E-state index contributed by atoms with van der Waals surface area (Å²) < 4.78 is 51.4. The van der Waals surface area contributed by atoms with Crippen LogP contribution in [0.2, 0.25) is 0 Å². The number of benzene rings is 1. The number of aliphatic hydroxyl groups is 1. The molecule has 7 heteroatoms. The lowest BCUT2D eigenvalue weighted by molar-refractivity contribution is 0.263. The topological polar surface area (TPSA) is 58.3 Å². The Morgan fingerprint density at radius 3 is 1.71 bits per heavy atom. The van der Waals surface area contributed by atoms with Gasteiger partial charge in [0.2, 0.25) is 0 Å². The van der Waals surface area contributed by atoms with Crippen LogP contribution in [0.4, 0.5) is 23.2 Å². The summed E-state index contributed by atoms with van der Waals surface area (Å²) in [5.74, 6) is -2.02. The number of nitrogens with two attached hydrogens (primary N) is 1. The lowest BCUT2D eigenvalue weighted by Gasteiger charge is -2.09. The zero-order chi connectivity index (χ0) is 10.9. The van der Waals surface area contributed by atoms with Gasteiger partial charge in [-0.1, -0.05) is 0 Å². The van der Waals surface area contributed by atoms with Crippen molar-refractivity contribution < 1.29 is 22.7 Å². The highest BCUT2D eigenvalue weighted by Crippen LogP contribution is 2.27. The minimum Gasteiger partial charge on any atom is -0.391 e. The first kappa shape index (κ1) is 10.7. The van der Waals surface area contributed by atoms with Crippen LogP contribution in [0.5, 0.6) is 0 Å². The van der Waals surface area contributed by atoms with E-state index in [2.05, 4.69) is 5.84 Å². The number of hydrogen-bond acceptors (Lipinski definition) is 3. The zero-order valence-corrected chi connectivity index (χ0v) is 6.74. The molecular weight excluding hydrogens is 204 g/mol. The quantitative estimate of drug-likeness (QED) is 0.295. The standard InChI is InChI=1S/C7H6F4N2O/c8-3-2(1-14)4(9)6(11)7(13-12)5(3)10/h13-14H,1,12H2. The molecule has 0 saturated heterocycles. The summed E-state index contributed by atoms with van der Waals surface area (Å²) in [6, 6.07) is 0. The minimum atomic E-state index is -1.67. The zero-order valence-electron chi connectivity index (χ0n) is 6.74. The summed E-state index contributed by atoms with van der Waals surface area (Å²) in [7, 11) is 0. The summed E-state index contributed by atoms with van der Waals surface area (Å²) in [4.78, 5) is 0. The Bertz CT molecular complexity index is 305.